The van der Waals surface area contributed by atoms with Crippen molar-refractivity contribution in [3.05, 3.63) is 291 Å². The molecular formula is C70H48BN5. The molecule has 0 radical (unpaired) electrons. The monoisotopic (exact) mass is 969 g/mol. The zero-order valence-electron chi connectivity index (χ0n) is 41.5. The molecule has 2 aromatic heterocycles. The molecular weight excluding hydrogens is 922 g/mol. The number of anilines is 9. The lowest BCUT2D eigenvalue weighted by Gasteiger charge is -2.43. The summed E-state index contributed by atoms with van der Waals surface area (Å²) in [6, 6.07) is 106. The molecule has 0 saturated heterocycles. The average Bonchev–Trinajstić information content (AvgIpc) is 4.19. The maximum absolute atomic E-state index is 2.58. The molecule has 76 heavy (non-hydrogen) atoms. The van der Waals surface area contributed by atoms with Gasteiger partial charge in [0.2, 0.25) is 0 Å². The molecule has 0 spiro atoms. The third-order valence-electron chi connectivity index (χ3n) is 15.4. The lowest BCUT2D eigenvalue weighted by Crippen LogP contribution is -2.62. The van der Waals surface area contributed by atoms with Crippen LogP contribution in [0.3, 0.4) is 0 Å². The molecule has 5 nitrogen and oxygen atoms in total. The maximum atomic E-state index is 2.58. The molecule has 0 N–H and O–H groups in total. The van der Waals surface area contributed by atoms with Crippen LogP contribution < -0.4 is 31.2 Å². The van der Waals surface area contributed by atoms with Crippen molar-refractivity contribution in [3.63, 3.8) is 0 Å². The fourth-order valence-electron chi connectivity index (χ4n) is 12.3. The third-order valence-corrected chi connectivity index (χ3v) is 15.4. The predicted octanol–water partition coefficient (Wildman–Crippen LogP) is 16.5. The van der Waals surface area contributed by atoms with Gasteiger partial charge in [-0.1, -0.05) is 176 Å². The van der Waals surface area contributed by atoms with E-state index in [-0.39, 0.29) is 6.71 Å². The summed E-state index contributed by atoms with van der Waals surface area (Å²) in [7, 11) is 0. The molecule has 15 rings (SSSR count). The molecule has 0 bridgehead atoms. The van der Waals surface area contributed by atoms with Crippen LogP contribution >= 0.6 is 0 Å². The number of rotatable bonds is 9. The zero-order valence-corrected chi connectivity index (χ0v) is 41.5. The number of para-hydroxylation sites is 6. The van der Waals surface area contributed by atoms with Gasteiger partial charge in [0.25, 0.3) is 6.71 Å². The summed E-state index contributed by atoms with van der Waals surface area (Å²) < 4.78 is 5.09. The Morgan fingerprint density at radius 3 is 1.34 bits per heavy atom. The molecule has 0 aliphatic carbocycles. The second-order valence-electron chi connectivity index (χ2n) is 19.7. The van der Waals surface area contributed by atoms with Crippen molar-refractivity contribution in [2.24, 2.45) is 0 Å². The average molecular weight is 970 g/mol. The van der Waals surface area contributed by atoms with Gasteiger partial charge in [-0.3, -0.25) is 9.47 Å². The van der Waals surface area contributed by atoms with Crippen LogP contribution in [-0.2, 0) is 0 Å². The highest BCUT2D eigenvalue weighted by molar-refractivity contribution is 7.01. The van der Waals surface area contributed by atoms with Gasteiger partial charge in [0.15, 0.2) is 0 Å². The predicted molar refractivity (Wildman–Crippen MR) is 320 cm³/mol. The van der Waals surface area contributed by atoms with Crippen LogP contribution in [0, 0.1) is 0 Å². The van der Waals surface area contributed by atoms with E-state index < -0.39 is 0 Å². The van der Waals surface area contributed by atoms with E-state index in [1.807, 2.05) is 0 Å². The molecule has 0 atom stereocenters. The molecule has 356 valence electrons. The van der Waals surface area contributed by atoms with E-state index in [1.165, 1.54) is 33.0 Å². The van der Waals surface area contributed by atoms with Crippen molar-refractivity contribution in [1.29, 1.82) is 0 Å². The van der Waals surface area contributed by atoms with Gasteiger partial charge in [-0.2, -0.15) is 0 Å². The number of hydrogen-bond acceptors (Lipinski definition) is 3. The summed E-state index contributed by atoms with van der Waals surface area (Å²) in [4.78, 5) is 7.52. The fraction of sp³-hybridized carbons (Fsp3) is 0. The molecule has 6 heteroatoms. The summed E-state index contributed by atoms with van der Waals surface area (Å²) in [5, 5.41) is 2.37. The van der Waals surface area contributed by atoms with Gasteiger partial charge in [-0.25, -0.2) is 0 Å². The van der Waals surface area contributed by atoms with Crippen molar-refractivity contribution in [1.82, 2.24) is 9.13 Å². The molecule has 2 aliphatic heterocycles. The second kappa shape index (κ2) is 17.9. The van der Waals surface area contributed by atoms with Crippen molar-refractivity contribution in [2.75, 3.05) is 14.7 Å². The Morgan fingerprint density at radius 1 is 0.289 bits per heavy atom. The summed E-state index contributed by atoms with van der Waals surface area (Å²) in [5.41, 5.74) is 21.8. The third kappa shape index (κ3) is 6.88. The molecule has 13 aromatic rings. The molecule has 0 unspecified atom stereocenters. The summed E-state index contributed by atoms with van der Waals surface area (Å²) in [6.07, 6.45) is 0. The van der Waals surface area contributed by atoms with E-state index in [9.17, 15) is 0 Å². The largest absolute Gasteiger partial charge is 0.319 e. The molecule has 0 fully saturated rings. The SMILES string of the molecule is c1ccc(-c2cc(-c3ccccc3)cc(N3c4cccc5c4B(c4c3n(-c3ccccc3)c3ccccc43)c3c(c4cc(N(c6ccccc6)c6ccccc6)ccc4n3-c3ccccc3)N5c3ccccc3)c2)cc1. The van der Waals surface area contributed by atoms with Crippen LogP contribution in [0.5, 0.6) is 0 Å². The minimum absolute atomic E-state index is 0.219. The van der Waals surface area contributed by atoms with E-state index >= 15 is 0 Å². The van der Waals surface area contributed by atoms with Crippen LogP contribution in [0.25, 0.3) is 55.4 Å². The molecule has 2 aliphatic rings. The topological polar surface area (TPSA) is 19.6 Å². The zero-order chi connectivity index (χ0) is 50.1. The number of aromatic nitrogens is 2. The number of fused-ring (bicyclic) bond motifs is 8. The Balaban J connectivity index is 1.10. The Kier molecular flexibility index (Phi) is 10.2. The van der Waals surface area contributed by atoms with Gasteiger partial charge in [0.1, 0.15) is 5.82 Å². The van der Waals surface area contributed by atoms with E-state index in [0.29, 0.717) is 0 Å². The van der Waals surface area contributed by atoms with Crippen LogP contribution in [0.4, 0.5) is 51.3 Å². The first kappa shape index (κ1) is 43.5. The Labute approximate surface area is 442 Å². The van der Waals surface area contributed by atoms with Crippen molar-refractivity contribution in [2.45, 2.75) is 0 Å². The van der Waals surface area contributed by atoms with E-state index in [0.717, 1.165) is 90.2 Å². The maximum Gasteiger partial charge on any atom is 0.276 e. The molecule has 11 aromatic carbocycles. The van der Waals surface area contributed by atoms with E-state index in [4.69, 9.17) is 0 Å². The van der Waals surface area contributed by atoms with Gasteiger partial charge in [-0.05, 0) is 154 Å². The minimum atomic E-state index is -0.219. The van der Waals surface area contributed by atoms with Crippen molar-refractivity contribution < 1.29 is 0 Å². The highest BCUT2D eigenvalue weighted by Crippen LogP contribution is 2.51. The normalized spacial score (nSPS) is 12.4. The minimum Gasteiger partial charge on any atom is -0.319 e. The van der Waals surface area contributed by atoms with E-state index in [2.05, 4.69) is 315 Å². The van der Waals surface area contributed by atoms with Crippen LogP contribution in [-0.4, -0.2) is 15.8 Å². The Bertz CT molecular complexity index is 4180. The van der Waals surface area contributed by atoms with Crippen LogP contribution in [0.1, 0.15) is 0 Å². The number of hydrogen-bond donors (Lipinski definition) is 0. The van der Waals surface area contributed by atoms with Crippen molar-refractivity contribution in [3.8, 4) is 33.6 Å². The van der Waals surface area contributed by atoms with Gasteiger partial charge in [0, 0.05) is 62.2 Å². The first-order chi connectivity index (χ1) is 37.8. The van der Waals surface area contributed by atoms with Crippen LogP contribution in [0.2, 0.25) is 0 Å². The lowest BCUT2D eigenvalue weighted by atomic mass is 9.35. The first-order valence-electron chi connectivity index (χ1n) is 26.1. The second-order valence-corrected chi connectivity index (χ2v) is 19.7. The summed E-state index contributed by atoms with van der Waals surface area (Å²) >= 11 is 0. The van der Waals surface area contributed by atoms with Gasteiger partial charge in [0.05, 0.1) is 16.7 Å². The van der Waals surface area contributed by atoms with Gasteiger partial charge < -0.3 is 14.4 Å². The molecule has 4 heterocycles. The van der Waals surface area contributed by atoms with Gasteiger partial charge >= 0.3 is 0 Å². The summed E-state index contributed by atoms with van der Waals surface area (Å²) in [6.45, 7) is -0.219. The Hall–Kier alpha value is -10.0. The smallest absolute Gasteiger partial charge is 0.276 e. The lowest BCUT2D eigenvalue weighted by molar-refractivity contribution is 1.07. The van der Waals surface area contributed by atoms with Crippen molar-refractivity contribution >= 4 is 96.4 Å². The number of nitrogens with zero attached hydrogens (tertiary/aromatic N) is 5. The standard InChI is InChI=1S/C70H48BN5/c1-8-25-49(26-9-1)51-45-52(50-27-10-2-11-28-50)47-59(46-51)76-65-42-24-41-64-67(65)71(66-60-39-22-23-40-62(60)75(70(66)76)57-37-20-7-21-38-57)69-68(73(64)55-33-16-5-17-34-55)61-48-58(43-44-63(61)74(69)56-35-18-6-19-36-56)72(53-29-12-3-13-30-53)54-31-14-4-15-32-54/h1-48H. The van der Waals surface area contributed by atoms with E-state index in [1.54, 1.807) is 0 Å². The number of benzene rings is 11. The highest BCUT2D eigenvalue weighted by atomic mass is 15.3. The molecule has 0 amide bonds. The van der Waals surface area contributed by atoms with Gasteiger partial charge in [-0.15, -0.1) is 0 Å². The van der Waals surface area contributed by atoms with Crippen LogP contribution in [0.15, 0.2) is 291 Å². The summed E-state index contributed by atoms with van der Waals surface area (Å²) in [5.74, 6) is 1.12. The Morgan fingerprint density at radius 2 is 0.763 bits per heavy atom. The quantitative estimate of drug-likeness (QED) is 0.134. The highest BCUT2D eigenvalue weighted by Gasteiger charge is 2.49. The fourth-order valence-corrected chi connectivity index (χ4v) is 12.3. The molecule has 0 saturated carbocycles. The first-order valence-corrected chi connectivity index (χ1v) is 26.1.